The maximum absolute atomic E-state index is 10.8. The van der Waals surface area contributed by atoms with Gasteiger partial charge in [0.1, 0.15) is 5.69 Å². The molecule has 1 aromatic carbocycles. The number of hydrogen-bond acceptors (Lipinski definition) is 4. The highest BCUT2D eigenvalue weighted by Crippen LogP contribution is 2.28. The first-order valence-electron chi connectivity index (χ1n) is 5.13. The fourth-order valence-electron chi connectivity index (χ4n) is 1.60. The molecule has 0 atom stereocenters. The molecule has 5 nitrogen and oxygen atoms in total. The topological polar surface area (TPSA) is 89.1 Å². The van der Waals surface area contributed by atoms with Gasteiger partial charge in [0.05, 0.1) is 0 Å². The predicted octanol–water partition coefficient (Wildman–Crippen LogP) is 2.39. The van der Waals surface area contributed by atoms with Gasteiger partial charge in [0.25, 0.3) is 0 Å². The summed E-state index contributed by atoms with van der Waals surface area (Å²) in [6.07, 6.45) is 0. The molecule has 0 bridgehead atoms. The summed E-state index contributed by atoms with van der Waals surface area (Å²) in [5.74, 6) is -1.40. The van der Waals surface area contributed by atoms with E-state index in [-0.39, 0.29) is 16.7 Å². The Labute approximate surface area is 108 Å². The van der Waals surface area contributed by atoms with Gasteiger partial charge in [-0.3, -0.25) is 0 Å². The third-order valence-electron chi connectivity index (χ3n) is 2.48. The second kappa shape index (κ2) is 4.62. The fraction of sp³-hybridized carbons (Fsp3) is 0.0833. The minimum Gasteiger partial charge on any atom is -0.476 e. The van der Waals surface area contributed by atoms with Crippen molar-refractivity contribution in [3.05, 3.63) is 40.7 Å². The molecule has 2 rings (SSSR count). The van der Waals surface area contributed by atoms with Crippen molar-refractivity contribution in [2.75, 3.05) is 5.73 Å². The Hall–Kier alpha value is -2.14. The van der Waals surface area contributed by atoms with Crippen LogP contribution in [0.25, 0.3) is 11.3 Å². The number of rotatable bonds is 2. The zero-order valence-corrected chi connectivity index (χ0v) is 10.3. The molecule has 0 saturated carbocycles. The molecule has 0 aliphatic rings. The lowest BCUT2D eigenvalue weighted by Crippen LogP contribution is -2.09. The van der Waals surface area contributed by atoms with Gasteiger partial charge in [0.2, 0.25) is 0 Å². The van der Waals surface area contributed by atoms with E-state index in [0.29, 0.717) is 5.69 Å². The molecule has 0 saturated heterocycles. The summed E-state index contributed by atoms with van der Waals surface area (Å²) in [6, 6.07) is 7.44. The van der Waals surface area contributed by atoms with Crippen LogP contribution < -0.4 is 5.73 Å². The number of carboxylic acid groups (broad SMARTS) is 1. The first-order valence-corrected chi connectivity index (χ1v) is 5.51. The number of nitrogens with zero attached hydrogens (tertiary/aromatic N) is 2. The van der Waals surface area contributed by atoms with Gasteiger partial charge in [-0.25, -0.2) is 14.8 Å². The van der Waals surface area contributed by atoms with Gasteiger partial charge in [-0.1, -0.05) is 35.9 Å². The van der Waals surface area contributed by atoms with Crippen LogP contribution in [0.3, 0.4) is 0 Å². The van der Waals surface area contributed by atoms with Crippen molar-refractivity contribution < 1.29 is 9.90 Å². The van der Waals surface area contributed by atoms with Crippen LogP contribution >= 0.6 is 11.6 Å². The lowest BCUT2D eigenvalue weighted by molar-refractivity contribution is 0.0691. The van der Waals surface area contributed by atoms with Gasteiger partial charge in [-0.15, -0.1) is 0 Å². The van der Waals surface area contributed by atoms with E-state index >= 15 is 0 Å². The Morgan fingerprint density at radius 3 is 2.61 bits per heavy atom. The molecule has 6 heteroatoms. The number of halogens is 1. The lowest BCUT2D eigenvalue weighted by Gasteiger charge is -2.08. The zero-order valence-electron chi connectivity index (χ0n) is 9.51. The average Bonchev–Trinajstić information content (AvgIpc) is 2.32. The highest BCUT2D eigenvalue weighted by molar-refractivity contribution is 6.32. The van der Waals surface area contributed by atoms with Crippen molar-refractivity contribution in [3.63, 3.8) is 0 Å². The summed E-state index contributed by atoms with van der Waals surface area (Å²) >= 11 is 5.96. The minimum atomic E-state index is -1.25. The number of benzene rings is 1. The third kappa shape index (κ3) is 2.12. The van der Waals surface area contributed by atoms with Crippen LogP contribution in [0.1, 0.15) is 16.1 Å². The van der Waals surface area contributed by atoms with E-state index in [0.717, 1.165) is 11.1 Å². The van der Waals surface area contributed by atoms with E-state index in [2.05, 4.69) is 9.97 Å². The number of nitrogen functional groups attached to an aromatic ring is 1. The number of carboxylic acids is 1. The number of aryl methyl sites for hydroxylation is 1. The Morgan fingerprint density at radius 1 is 1.33 bits per heavy atom. The number of aromatic nitrogens is 2. The smallest absolute Gasteiger partial charge is 0.358 e. The monoisotopic (exact) mass is 263 g/mol. The third-order valence-corrected chi connectivity index (χ3v) is 2.75. The van der Waals surface area contributed by atoms with Crippen LogP contribution in [0, 0.1) is 6.92 Å². The molecule has 18 heavy (non-hydrogen) atoms. The molecule has 2 aromatic rings. The molecule has 0 spiro atoms. The van der Waals surface area contributed by atoms with E-state index in [9.17, 15) is 4.79 Å². The quantitative estimate of drug-likeness (QED) is 0.868. The van der Waals surface area contributed by atoms with Crippen LogP contribution in [0.4, 0.5) is 5.82 Å². The number of hydrogen-bond donors (Lipinski definition) is 2. The van der Waals surface area contributed by atoms with Crippen LogP contribution in [0.2, 0.25) is 5.15 Å². The van der Waals surface area contributed by atoms with Gasteiger partial charge >= 0.3 is 5.97 Å². The highest BCUT2D eigenvalue weighted by Gasteiger charge is 2.17. The maximum Gasteiger partial charge on any atom is 0.358 e. The first kappa shape index (κ1) is 12.3. The molecule has 1 aromatic heterocycles. The van der Waals surface area contributed by atoms with Gasteiger partial charge < -0.3 is 10.8 Å². The summed E-state index contributed by atoms with van der Waals surface area (Å²) in [5, 5.41) is 8.89. The van der Waals surface area contributed by atoms with Crippen molar-refractivity contribution >= 4 is 23.4 Å². The number of anilines is 1. The number of carbonyl (C=O) groups is 1. The largest absolute Gasteiger partial charge is 0.476 e. The Kier molecular flexibility index (Phi) is 3.16. The first-order chi connectivity index (χ1) is 8.50. The second-order valence-electron chi connectivity index (χ2n) is 3.72. The van der Waals surface area contributed by atoms with Gasteiger partial charge in [-0.05, 0) is 12.5 Å². The Bertz CT molecular complexity index is 629. The Balaban J connectivity index is 2.64. The summed E-state index contributed by atoms with van der Waals surface area (Å²) in [4.78, 5) is 18.6. The van der Waals surface area contributed by atoms with E-state index in [4.69, 9.17) is 22.4 Å². The molecule has 0 aliphatic heterocycles. The van der Waals surface area contributed by atoms with Crippen molar-refractivity contribution in [1.82, 2.24) is 9.97 Å². The van der Waals surface area contributed by atoms with Crippen molar-refractivity contribution in [2.24, 2.45) is 0 Å². The highest BCUT2D eigenvalue weighted by atomic mass is 35.5. The Morgan fingerprint density at radius 2 is 2.00 bits per heavy atom. The summed E-state index contributed by atoms with van der Waals surface area (Å²) in [6.45, 7) is 1.90. The van der Waals surface area contributed by atoms with E-state index in [1.54, 1.807) is 0 Å². The molecule has 0 unspecified atom stereocenters. The SMILES string of the molecule is Cc1ccccc1-c1nc(N)c(C(=O)O)nc1Cl. The van der Waals surface area contributed by atoms with Crippen molar-refractivity contribution in [1.29, 1.82) is 0 Å². The fourth-order valence-corrected chi connectivity index (χ4v) is 1.82. The molecule has 0 aliphatic carbocycles. The van der Waals surface area contributed by atoms with Crippen LogP contribution in [0.15, 0.2) is 24.3 Å². The van der Waals surface area contributed by atoms with Gasteiger partial charge in [0.15, 0.2) is 16.7 Å². The molecular formula is C12H10ClN3O2. The van der Waals surface area contributed by atoms with E-state index < -0.39 is 5.97 Å². The summed E-state index contributed by atoms with van der Waals surface area (Å²) in [7, 11) is 0. The van der Waals surface area contributed by atoms with Gasteiger partial charge in [0, 0.05) is 5.56 Å². The summed E-state index contributed by atoms with van der Waals surface area (Å²) < 4.78 is 0. The average molecular weight is 264 g/mol. The zero-order chi connectivity index (χ0) is 13.3. The minimum absolute atomic E-state index is 0.0240. The predicted molar refractivity (Wildman–Crippen MR) is 68.6 cm³/mol. The van der Waals surface area contributed by atoms with Crippen LogP contribution in [-0.2, 0) is 0 Å². The maximum atomic E-state index is 10.8. The number of nitrogens with two attached hydrogens (primary N) is 1. The molecule has 3 N–H and O–H groups in total. The second-order valence-corrected chi connectivity index (χ2v) is 4.07. The molecule has 0 fully saturated rings. The molecule has 1 heterocycles. The molecular weight excluding hydrogens is 254 g/mol. The standard InChI is InChI=1S/C12H10ClN3O2/c1-6-4-2-3-5-7(6)8-10(13)15-9(12(17)18)11(14)16-8/h2-5H,1H3,(H2,14,16)(H,17,18). The van der Waals surface area contributed by atoms with Crippen LogP contribution in [0.5, 0.6) is 0 Å². The van der Waals surface area contributed by atoms with Crippen LogP contribution in [-0.4, -0.2) is 21.0 Å². The molecule has 92 valence electrons. The summed E-state index contributed by atoms with van der Waals surface area (Å²) in [5.41, 5.74) is 7.35. The lowest BCUT2D eigenvalue weighted by atomic mass is 10.1. The van der Waals surface area contributed by atoms with Crippen molar-refractivity contribution in [3.8, 4) is 11.3 Å². The number of aromatic carboxylic acids is 1. The van der Waals surface area contributed by atoms with Gasteiger partial charge in [-0.2, -0.15) is 0 Å². The van der Waals surface area contributed by atoms with E-state index in [1.165, 1.54) is 0 Å². The normalized spacial score (nSPS) is 10.3. The van der Waals surface area contributed by atoms with Crippen molar-refractivity contribution in [2.45, 2.75) is 6.92 Å². The van der Waals surface area contributed by atoms with E-state index in [1.807, 2.05) is 31.2 Å². The molecule has 0 amide bonds. The molecule has 0 radical (unpaired) electrons.